The van der Waals surface area contributed by atoms with Crippen molar-refractivity contribution >= 4 is 12.1 Å². The van der Waals surface area contributed by atoms with Crippen LogP contribution in [0.4, 0.5) is 4.79 Å². The summed E-state index contributed by atoms with van der Waals surface area (Å²) in [5.74, 6) is -0.479. The lowest BCUT2D eigenvalue weighted by atomic mass is 9.98. The Bertz CT molecular complexity index is 742. The number of rotatable bonds is 5. The Balaban J connectivity index is 0.00000243. The maximum Gasteiger partial charge on any atom is 0.407 e. The Morgan fingerprint density at radius 1 is 1.04 bits per heavy atom. The first kappa shape index (κ1) is 19.5. The quantitative estimate of drug-likeness (QED) is 0.820. The topological polar surface area (TPSA) is 64.6 Å². The van der Waals surface area contributed by atoms with Crippen LogP contribution >= 0.6 is 0 Å². The van der Waals surface area contributed by atoms with Gasteiger partial charge in [0.1, 0.15) is 12.6 Å². The minimum atomic E-state index is -0.694. The third-order valence-electron chi connectivity index (χ3n) is 4.53. The molecular formula is C21H25NO4. The number of methoxy groups -OCH3 is 1. The zero-order valence-corrected chi connectivity index (χ0v) is 14.3. The second kappa shape index (κ2) is 8.52. The summed E-state index contributed by atoms with van der Waals surface area (Å²) < 4.78 is 10.1. The molecule has 138 valence electrons. The molecule has 3 rings (SSSR count). The summed E-state index contributed by atoms with van der Waals surface area (Å²) in [5, 5.41) is 2.55. The Morgan fingerprint density at radius 3 is 2.08 bits per heavy atom. The predicted molar refractivity (Wildman–Crippen MR) is 101 cm³/mol. The second-order valence-electron chi connectivity index (χ2n) is 5.95. The molecule has 1 atom stereocenters. The van der Waals surface area contributed by atoms with E-state index in [1.807, 2.05) is 24.3 Å². The summed E-state index contributed by atoms with van der Waals surface area (Å²) in [4.78, 5) is 23.6. The third kappa shape index (κ3) is 3.72. The van der Waals surface area contributed by atoms with Crippen molar-refractivity contribution in [1.82, 2.24) is 5.32 Å². The Hall–Kier alpha value is -2.82. The largest absolute Gasteiger partial charge is 0.467 e. The summed E-state index contributed by atoms with van der Waals surface area (Å²) in [7, 11) is 1.30. The molecule has 0 unspecified atom stereocenters. The van der Waals surface area contributed by atoms with E-state index in [9.17, 15) is 9.59 Å². The summed E-state index contributed by atoms with van der Waals surface area (Å²) in [5.41, 5.74) is 4.65. The minimum Gasteiger partial charge on any atom is -0.467 e. The van der Waals surface area contributed by atoms with Crippen LogP contribution in [0.3, 0.4) is 0 Å². The van der Waals surface area contributed by atoms with E-state index >= 15 is 0 Å². The van der Waals surface area contributed by atoms with Crippen LogP contribution in [-0.2, 0) is 14.3 Å². The van der Waals surface area contributed by atoms with Crippen LogP contribution in [0.25, 0.3) is 11.1 Å². The highest BCUT2D eigenvalue weighted by Crippen LogP contribution is 2.44. The van der Waals surface area contributed by atoms with E-state index < -0.39 is 18.1 Å². The van der Waals surface area contributed by atoms with Gasteiger partial charge in [0.15, 0.2) is 0 Å². The van der Waals surface area contributed by atoms with Crippen molar-refractivity contribution in [3.8, 4) is 11.1 Å². The van der Waals surface area contributed by atoms with E-state index in [4.69, 9.17) is 4.74 Å². The normalized spacial score (nSPS) is 13.0. The van der Waals surface area contributed by atoms with Crippen molar-refractivity contribution in [3.63, 3.8) is 0 Å². The highest BCUT2D eigenvalue weighted by atomic mass is 16.6. The van der Waals surface area contributed by atoms with Gasteiger partial charge in [-0.05, 0) is 28.7 Å². The number of carbonyl (C=O) groups excluding carboxylic acids is 2. The maximum atomic E-state index is 12.1. The number of hydrogen-bond acceptors (Lipinski definition) is 4. The standard InChI is InChI=1S/C20H21NO4.CH4/c1-3-18(19(22)24-2)21-20(23)25-12-17-15-10-6-4-8-13(15)14-9-5-7-11-16(14)17;/h4-11,17-18H,3,12H2,1-2H3,(H,21,23);1H4/t18-;/m1./s1. The predicted octanol–water partition coefficient (Wildman–Crippen LogP) is 4.11. The van der Waals surface area contributed by atoms with Gasteiger partial charge in [-0.25, -0.2) is 9.59 Å². The molecule has 0 saturated heterocycles. The van der Waals surface area contributed by atoms with Gasteiger partial charge in [-0.15, -0.1) is 0 Å². The van der Waals surface area contributed by atoms with Crippen molar-refractivity contribution in [2.75, 3.05) is 13.7 Å². The molecule has 26 heavy (non-hydrogen) atoms. The van der Waals surface area contributed by atoms with E-state index in [2.05, 4.69) is 34.3 Å². The number of alkyl carbamates (subject to hydrolysis) is 1. The van der Waals surface area contributed by atoms with Crippen molar-refractivity contribution in [2.45, 2.75) is 32.7 Å². The number of fused-ring (bicyclic) bond motifs is 3. The van der Waals surface area contributed by atoms with E-state index in [-0.39, 0.29) is 20.0 Å². The maximum absolute atomic E-state index is 12.1. The first-order valence-electron chi connectivity index (χ1n) is 8.35. The van der Waals surface area contributed by atoms with Gasteiger partial charge in [0.05, 0.1) is 7.11 Å². The number of nitrogens with one attached hydrogen (secondary N) is 1. The van der Waals surface area contributed by atoms with Crippen molar-refractivity contribution < 1.29 is 19.1 Å². The molecule has 0 spiro atoms. The van der Waals surface area contributed by atoms with Gasteiger partial charge in [-0.2, -0.15) is 0 Å². The number of benzene rings is 2. The smallest absolute Gasteiger partial charge is 0.407 e. The molecule has 0 radical (unpaired) electrons. The number of ether oxygens (including phenoxy) is 2. The molecule has 1 aliphatic rings. The van der Waals surface area contributed by atoms with Crippen LogP contribution in [0.15, 0.2) is 48.5 Å². The molecule has 1 amide bonds. The molecule has 0 saturated carbocycles. The minimum absolute atomic E-state index is 0. The van der Waals surface area contributed by atoms with Crippen molar-refractivity contribution in [3.05, 3.63) is 59.7 Å². The summed E-state index contributed by atoms with van der Waals surface area (Å²) in [6.07, 6.45) is -0.171. The number of hydrogen-bond donors (Lipinski definition) is 1. The summed E-state index contributed by atoms with van der Waals surface area (Å²) >= 11 is 0. The monoisotopic (exact) mass is 355 g/mol. The lowest BCUT2D eigenvalue weighted by Crippen LogP contribution is -2.41. The van der Waals surface area contributed by atoms with E-state index in [1.165, 1.54) is 18.2 Å². The van der Waals surface area contributed by atoms with Crippen LogP contribution in [0.2, 0.25) is 0 Å². The SMILES string of the molecule is C.CC[C@@H](NC(=O)OCC1c2ccccc2-c2ccccc21)C(=O)OC. The summed E-state index contributed by atoms with van der Waals surface area (Å²) in [6, 6.07) is 15.6. The fourth-order valence-electron chi connectivity index (χ4n) is 3.25. The molecule has 5 nitrogen and oxygen atoms in total. The fourth-order valence-corrected chi connectivity index (χ4v) is 3.25. The second-order valence-corrected chi connectivity index (χ2v) is 5.95. The third-order valence-corrected chi connectivity index (χ3v) is 4.53. The molecule has 5 heteroatoms. The Labute approximate surface area is 154 Å². The highest BCUT2D eigenvalue weighted by molar-refractivity contribution is 5.81. The van der Waals surface area contributed by atoms with Crippen LogP contribution in [-0.4, -0.2) is 31.8 Å². The van der Waals surface area contributed by atoms with Gasteiger partial charge in [-0.1, -0.05) is 62.9 Å². The van der Waals surface area contributed by atoms with Crippen LogP contribution < -0.4 is 5.32 Å². The molecule has 2 aromatic carbocycles. The molecule has 1 aliphatic carbocycles. The molecule has 0 aromatic heterocycles. The van der Waals surface area contributed by atoms with E-state index in [0.29, 0.717) is 6.42 Å². The zero-order chi connectivity index (χ0) is 17.8. The molecule has 2 aromatic rings. The molecule has 0 bridgehead atoms. The average Bonchev–Trinajstić information content (AvgIpc) is 2.98. The summed E-state index contributed by atoms with van der Waals surface area (Å²) in [6.45, 7) is 2.02. The van der Waals surface area contributed by atoms with Crippen molar-refractivity contribution in [2.24, 2.45) is 0 Å². The molecule has 0 heterocycles. The first-order chi connectivity index (χ1) is 12.2. The van der Waals surface area contributed by atoms with Gasteiger partial charge in [0.25, 0.3) is 0 Å². The van der Waals surface area contributed by atoms with Gasteiger partial charge < -0.3 is 14.8 Å². The Kier molecular flexibility index (Phi) is 6.39. The van der Waals surface area contributed by atoms with Crippen molar-refractivity contribution in [1.29, 1.82) is 0 Å². The first-order valence-corrected chi connectivity index (χ1v) is 8.35. The van der Waals surface area contributed by atoms with Crippen LogP contribution in [0, 0.1) is 0 Å². The lowest BCUT2D eigenvalue weighted by Gasteiger charge is -2.17. The average molecular weight is 355 g/mol. The molecule has 0 fully saturated rings. The highest BCUT2D eigenvalue weighted by Gasteiger charge is 2.29. The number of carbonyl (C=O) groups is 2. The van der Waals surface area contributed by atoms with Crippen LogP contribution in [0.5, 0.6) is 0 Å². The van der Waals surface area contributed by atoms with Crippen LogP contribution in [0.1, 0.15) is 37.8 Å². The van der Waals surface area contributed by atoms with E-state index in [1.54, 1.807) is 6.92 Å². The molecule has 0 aliphatic heterocycles. The van der Waals surface area contributed by atoms with E-state index in [0.717, 1.165) is 11.1 Å². The van der Waals surface area contributed by atoms with Gasteiger partial charge in [-0.3, -0.25) is 0 Å². The Morgan fingerprint density at radius 2 is 1.58 bits per heavy atom. The molecule has 1 N–H and O–H groups in total. The number of esters is 1. The zero-order valence-electron chi connectivity index (χ0n) is 14.3. The number of amides is 1. The lowest BCUT2D eigenvalue weighted by molar-refractivity contribution is -0.143. The van der Waals surface area contributed by atoms with Gasteiger partial charge >= 0.3 is 12.1 Å². The van der Waals surface area contributed by atoms with Gasteiger partial charge in [0.2, 0.25) is 0 Å². The fraction of sp³-hybridized carbons (Fsp3) is 0.333. The van der Waals surface area contributed by atoms with Gasteiger partial charge in [0, 0.05) is 5.92 Å². The molecular weight excluding hydrogens is 330 g/mol.